The third kappa shape index (κ3) is 9.37. The highest BCUT2D eigenvalue weighted by Crippen LogP contribution is 2.35. The average Bonchev–Trinajstić information content (AvgIpc) is 2.52. The number of hydrogen-bond donors (Lipinski definition) is 1. The molecule has 182 valence electrons. The maximum Gasteiger partial charge on any atom is 0.499 e. The van der Waals surface area contributed by atoms with Crippen molar-refractivity contribution in [3.8, 4) is 0 Å². The number of halogens is 6. The largest absolute Gasteiger partial charge is 0.499 e. The van der Waals surface area contributed by atoms with Crippen LogP contribution >= 0.6 is 0 Å². The molecule has 30 heavy (non-hydrogen) atoms. The topological polar surface area (TPSA) is 111 Å². The van der Waals surface area contributed by atoms with Crippen LogP contribution < -0.4 is 5.73 Å². The van der Waals surface area contributed by atoms with Crippen molar-refractivity contribution in [2.24, 2.45) is 5.73 Å². The summed E-state index contributed by atoms with van der Waals surface area (Å²) in [6.45, 7) is 7.14. The molecule has 0 saturated carbocycles. The van der Waals surface area contributed by atoms with Gasteiger partial charge in [-0.3, -0.25) is 4.79 Å². The van der Waals surface area contributed by atoms with E-state index in [1.165, 1.54) is 49.7 Å². The molecule has 0 bridgehead atoms. The van der Waals surface area contributed by atoms with E-state index in [0.29, 0.717) is 0 Å². The highest BCUT2D eigenvalue weighted by Gasteiger charge is 2.65. The van der Waals surface area contributed by atoms with Crippen LogP contribution in [-0.4, -0.2) is 70.0 Å². The standard InChI is InChI=1S/C11H26N.C4H3F6NO5S2/c1-5-7-8-9-10-11-12(3,4)6-2;5-3(6,7)17(13,14)2(1(11)12)18(15,16)4(8,9)10/h5-11H2,1-4H3;2H,(H2,11,12)/q+1;. The Hall–Kier alpha value is -1.09. The zero-order chi connectivity index (χ0) is 24.6. The van der Waals surface area contributed by atoms with Crippen LogP contribution in [0.2, 0.25) is 0 Å². The van der Waals surface area contributed by atoms with Gasteiger partial charge in [-0.2, -0.15) is 26.3 Å². The number of amides is 1. The molecule has 0 aromatic heterocycles. The molecule has 1 amide bonds. The number of unbranched alkanes of at least 4 members (excludes halogenated alkanes) is 4. The van der Waals surface area contributed by atoms with Gasteiger partial charge < -0.3 is 10.2 Å². The number of sulfone groups is 2. The second kappa shape index (κ2) is 11.5. The van der Waals surface area contributed by atoms with Crippen molar-refractivity contribution in [2.45, 2.75) is 61.6 Å². The van der Waals surface area contributed by atoms with Crippen molar-refractivity contribution in [2.75, 3.05) is 27.2 Å². The lowest BCUT2D eigenvalue weighted by atomic mass is 10.1. The molecular formula is C15H29F6N2O5S2+. The summed E-state index contributed by atoms with van der Waals surface area (Å²) in [6, 6.07) is 0. The lowest BCUT2D eigenvalue weighted by Crippen LogP contribution is -2.51. The smallest absolute Gasteiger partial charge is 0.368 e. The lowest BCUT2D eigenvalue weighted by Gasteiger charge is -2.28. The summed E-state index contributed by atoms with van der Waals surface area (Å²) in [5, 5.41) is 0. The summed E-state index contributed by atoms with van der Waals surface area (Å²) < 4.78 is 111. The Labute approximate surface area is 173 Å². The van der Waals surface area contributed by atoms with Gasteiger partial charge in [-0.05, 0) is 19.8 Å². The summed E-state index contributed by atoms with van der Waals surface area (Å²) in [5.41, 5.74) is -8.76. The molecule has 0 atom stereocenters. The zero-order valence-corrected chi connectivity index (χ0v) is 18.8. The van der Waals surface area contributed by atoms with Crippen LogP contribution in [0, 0.1) is 0 Å². The molecule has 0 aromatic rings. The van der Waals surface area contributed by atoms with E-state index >= 15 is 0 Å². The molecule has 7 nitrogen and oxygen atoms in total. The van der Waals surface area contributed by atoms with E-state index in [4.69, 9.17) is 0 Å². The van der Waals surface area contributed by atoms with Gasteiger partial charge in [-0.25, -0.2) is 16.8 Å². The minimum absolute atomic E-state index is 1.19. The summed E-state index contributed by atoms with van der Waals surface area (Å²) in [6.07, 6.45) is 7.03. The maximum atomic E-state index is 11.9. The number of carbonyl (C=O) groups is 1. The van der Waals surface area contributed by atoms with Crippen molar-refractivity contribution >= 4 is 25.6 Å². The van der Waals surface area contributed by atoms with Crippen LogP contribution in [0.1, 0.15) is 46.0 Å². The van der Waals surface area contributed by atoms with Crippen LogP contribution in [0.5, 0.6) is 0 Å². The van der Waals surface area contributed by atoms with Crippen molar-refractivity contribution < 1.29 is 52.5 Å². The number of nitrogens with two attached hydrogens (primary N) is 1. The highest BCUT2D eigenvalue weighted by atomic mass is 32.3. The molecule has 0 aliphatic heterocycles. The number of rotatable bonds is 10. The molecule has 0 aliphatic rings. The van der Waals surface area contributed by atoms with E-state index in [9.17, 15) is 48.0 Å². The van der Waals surface area contributed by atoms with E-state index in [1.54, 1.807) is 0 Å². The fourth-order valence-electron chi connectivity index (χ4n) is 2.02. The number of quaternary nitrogens is 1. The van der Waals surface area contributed by atoms with Crippen LogP contribution in [-0.2, 0) is 24.5 Å². The third-order valence-electron chi connectivity index (χ3n) is 4.16. The van der Waals surface area contributed by atoms with E-state index in [2.05, 4.69) is 33.7 Å². The number of primary amides is 1. The van der Waals surface area contributed by atoms with Crippen LogP contribution in [0.3, 0.4) is 0 Å². The Morgan fingerprint density at radius 1 is 0.833 bits per heavy atom. The van der Waals surface area contributed by atoms with Crippen molar-refractivity contribution in [3.63, 3.8) is 0 Å². The predicted molar refractivity (Wildman–Crippen MR) is 99.2 cm³/mol. The van der Waals surface area contributed by atoms with Gasteiger partial charge in [-0.1, -0.05) is 26.2 Å². The van der Waals surface area contributed by atoms with Crippen molar-refractivity contribution in [3.05, 3.63) is 0 Å². The quantitative estimate of drug-likeness (QED) is 0.285. The molecule has 0 unspecified atom stereocenters. The summed E-state index contributed by atoms with van der Waals surface area (Å²) >= 11 is 0. The van der Waals surface area contributed by atoms with E-state index in [0.717, 1.165) is 0 Å². The van der Waals surface area contributed by atoms with Gasteiger partial charge in [0.25, 0.3) is 30.2 Å². The minimum atomic E-state index is -6.96. The Bertz CT molecular complexity index is 702. The Morgan fingerprint density at radius 3 is 1.47 bits per heavy atom. The maximum absolute atomic E-state index is 11.9. The second-order valence-corrected chi connectivity index (χ2v) is 11.5. The van der Waals surface area contributed by atoms with Gasteiger partial charge in [0.05, 0.1) is 27.2 Å². The van der Waals surface area contributed by atoms with Gasteiger partial charge in [0, 0.05) is 0 Å². The fourth-order valence-corrected chi connectivity index (χ4v) is 5.10. The third-order valence-corrected chi connectivity index (χ3v) is 8.57. The molecule has 0 saturated heterocycles. The Balaban J connectivity index is 0. The molecule has 0 fully saturated rings. The highest BCUT2D eigenvalue weighted by molar-refractivity contribution is 8.11. The first kappa shape index (κ1) is 31.1. The lowest BCUT2D eigenvalue weighted by molar-refractivity contribution is -0.888. The van der Waals surface area contributed by atoms with Crippen LogP contribution in [0.15, 0.2) is 0 Å². The molecule has 0 aliphatic carbocycles. The van der Waals surface area contributed by atoms with Crippen LogP contribution in [0.25, 0.3) is 0 Å². The summed E-state index contributed by atoms with van der Waals surface area (Å²) in [5.74, 6) is -2.80. The molecule has 0 rings (SSSR count). The van der Waals surface area contributed by atoms with Crippen molar-refractivity contribution in [1.29, 1.82) is 0 Å². The Kier molecular flexibility index (Phi) is 11.9. The first-order valence-electron chi connectivity index (χ1n) is 8.90. The van der Waals surface area contributed by atoms with E-state index in [1.807, 2.05) is 0 Å². The van der Waals surface area contributed by atoms with E-state index < -0.39 is 41.2 Å². The van der Waals surface area contributed by atoms with Gasteiger partial charge in [-0.15, -0.1) is 0 Å². The fraction of sp³-hybridized carbons (Fsp3) is 0.933. The monoisotopic (exact) mass is 495 g/mol. The molecular weight excluding hydrogens is 466 g/mol. The second-order valence-electron chi connectivity index (χ2n) is 7.11. The van der Waals surface area contributed by atoms with Gasteiger partial charge in [0.1, 0.15) is 0 Å². The minimum Gasteiger partial charge on any atom is -0.368 e. The molecule has 2 N–H and O–H groups in total. The first-order valence-corrected chi connectivity index (χ1v) is 12.0. The SMILES string of the molecule is CCCCCCC[N+](C)(C)CC.NC(=O)C(S(=O)(=O)C(F)(F)F)S(=O)(=O)C(F)(F)F. The summed E-state index contributed by atoms with van der Waals surface area (Å²) in [4.78, 5) is 10.4. The predicted octanol–water partition coefficient (Wildman–Crippen LogP) is 2.72. The molecule has 0 aromatic carbocycles. The molecule has 0 radical (unpaired) electrons. The number of nitrogens with zero attached hydrogens (tertiary/aromatic N) is 1. The van der Waals surface area contributed by atoms with E-state index in [-0.39, 0.29) is 0 Å². The number of hydrogen-bond acceptors (Lipinski definition) is 5. The number of alkyl halides is 6. The molecule has 15 heteroatoms. The normalized spacial score (nSPS) is 13.7. The van der Waals surface area contributed by atoms with Crippen LogP contribution in [0.4, 0.5) is 26.3 Å². The van der Waals surface area contributed by atoms with Gasteiger partial charge in [0.15, 0.2) is 0 Å². The summed E-state index contributed by atoms with van der Waals surface area (Å²) in [7, 11) is -9.28. The van der Waals surface area contributed by atoms with Crippen molar-refractivity contribution in [1.82, 2.24) is 0 Å². The first-order chi connectivity index (χ1) is 13.2. The number of carbonyl (C=O) groups excluding carboxylic acids is 1. The zero-order valence-electron chi connectivity index (χ0n) is 17.2. The van der Waals surface area contributed by atoms with Gasteiger partial charge >= 0.3 is 11.0 Å². The molecule has 0 spiro atoms. The Morgan fingerprint density at radius 2 is 1.20 bits per heavy atom. The average molecular weight is 496 g/mol. The van der Waals surface area contributed by atoms with Gasteiger partial charge in [0.2, 0.25) is 0 Å². The molecule has 0 heterocycles.